The van der Waals surface area contributed by atoms with Crippen molar-refractivity contribution in [3.8, 4) is 22.8 Å². The van der Waals surface area contributed by atoms with Gasteiger partial charge in [-0.05, 0) is 61.7 Å². The lowest BCUT2D eigenvalue weighted by molar-refractivity contribution is 0.341. The van der Waals surface area contributed by atoms with Gasteiger partial charge in [-0.1, -0.05) is 65.8 Å². The Balaban J connectivity index is 1.64. The highest BCUT2D eigenvalue weighted by molar-refractivity contribution is 7.99. The average molecular weight is 450 g/mol. The number of aromatic nitrogens is 3. The van der Waals surface area contributed by atoms with E-state index in [0.717, 1.165) is 44.9 Å². The standard InChI is InChI=1S/C25H24ClN3OS/c1-17-12-13-18(2)22(16-17)29-24(20-9-5-6-10-21(20)26)27-28-25(29)31-15-14-30-23-11-7-4-8-19(23)3/h4-13,16H,14-15H2,1-3H3. The Morgan fingerprint density at radius 1 is 0.903 bits per heavy atom. The highest BCUT2D eigenvalue weighted by Gasteiger charge is 2.19. The maximum absolute atomic E-state index is 6.50. The molecule has 4 nitrogen and oxygen atoms in total. The molecule has 0 N–H and O–H groups in total. The molecule has 0 saturated heterocycles. The van der Waals surface area contributed by atoms with E-state index in [4.69, 9.17) is 16.3 Å². The topological polar surface area (TPSA) is 39.9 Å². The Morgan fingerprint density at radius 2 is 1.68 bits per heavy atom. The Bertz CT molecular complexity index is 1210. The summed E-state index contributed by atoms with van der Waals surface area (Å²) in [6, 6.07) is 22.2. The maximum Gasteiger partial charge on any atom is 0.196 e. The van der Waals surface area contributed by atoms with E-state index in [-0.39, 0.29) is 0 Å². The molecule has 0 aliphatic heterocycles. The van der Waals surface area contributed by atoms with E-state index in [2.05, 4.69) is 59.8 Å². The summed E-state index contributed by atoms with van der Waals surface area (Å²) in [7, 11) is 0. The molecular formula is C25H24ClN3OS. The maximum atomic E-state index is 6.50. The molecule has 4 aromatic rings. The molecule has 3 aromatic carbocycles. The van der Waals surface area contributed by atoms with E-state index in [9.17, 15) is 0 Å². The Morgan fingerprint density at radius 3 is 2.48 bits per heavy atom. The molecule has 0 atom stereocenters. The predicted molar refractivity (Wildman–Crippen MR) is 129 cm³/mol. The Kier molecular flexibility index (Phi) is 6.64. The molecule has 0 fully saturated rings. The zero-order valence-electron chi connectivity index (χ0n) is 17.8. The van der Waals surface area contributed by atoms with E-state index in [1.807, 2.05) is 42.5 Å². The Hall–Kier alpha value is -2.76. The molecule has 1 aromatic heterocycles. The first kappa shape index (κ1) is 21.5. The Labute approximate surface area is 192 Å². The SMILES string of the molecule is Cc1ccc(C)c(-n2c(SCCOc3ccccc3C)nnc2-c2ccccc2Cl)c1. The molecule has 0 saturated carbocycles. The smallest absolute Gasteiger partial charge is 0.196 e. The number of thioether (sulfide) groups is 1. The summed E-state index contributed by atoms with van der Waals surface area (Å²) in [4.78, 5) is 0. The second-order valence-electron chi connectivity index (χ2n) is 7.37. The van der Waals surface area contributed by atoms with Crippen molar-refractivity contribution in [2.75, 3.05) is 12.4 Å². The fourth-order valence-corrected chi connectivity index (χ4v) is 4.34. The van der Waals surface area contributed by atoms with Crippen LogP contribution in [0.1, 0.15) is 16.7 Å². The minimum atomic E-state index is 0.580. The van der Waals surface area contributed by atoms with Gasteiger partial charge in [-0.15, -0.1) is 10.2 Å². The molecule has 4 rings (SSSR count). The van der Waals surface area contributed by atoms with Crippen molar-refractivity contribution >= 4 is 23.4 Å². The normalized spacial score (nSPS) is 11.0. The molecular weight excluding hydrogens is 426 g/mol. The third kappa shape index (κ3) is 4.78. The number of aryl methyl sites for hydroxylation is 3. The summed E-state index contributed by atoms with van der Waals surface area (Å²) in [5.41, 5.74) is 5.38. The van der Waals surface area contributed by atoms with E-state index < -0.39 is 0 Å². The van der Waals surface area contributed by atoms with Gasteiger partial charge in [0.15, 0.2) is 11.0 Å². The summed E-state index contributed by atoms with van der Waals surface area (Å²) < 4.78 is 8.06. The monoisotopic (exact) mass is 449 g/mol. The number of hydrogen-bond acceptors (Lipinski definition) is 4. The first-order valence-electron chi connectivity index (χ1n) is 10.1. The predicted octanol–water partition coefficient (Wildman–Crippen LogP) is 6.68. The van der Waals surface area contributed by atoms with Gasteiger partial charge in [-0.2, -0.15) is 0 Å². The van der Waals surface area contributed by atoms with Crippen LogP contribution in [0.2, 0.25) is 5.02 Å². The molecule has 0 aliphatic carbocycles. The third-order valence-corrected chi connectivity index (χ3v) is 6.24. The molecule has 1 heterocycles. The second-order valence-corrected chi connectivity index (χ2v) is 8.84. The molecule has 0 spiro atoms. The molecule has 0 unspecified atom stereocenters. The van der Waals surface area contributed by atoms with Crippen LogP contribution in [0.3, 0.4) is 0 Å². The second kappa shape index (κ2) is 9.58. The van der Waals surface area contributed by atoms with Gasteiger partial charge in [0.2, 0.25) is 0 Å². The lowest BCUT2D eigenvalue weighted by Gasteiger charge is -2.14. The van der Waals surface area contributed by atoms with Crippen molar-refractivity contribution < 1.29 is 4.74 Å². The van der Waals surface area contributed by atoms with Gasteiger partial charge in [0.1, 0.15) is 5.75 Å². The van der Waals surface area contributed by atoms with Crippen molar-refractivity contribution in [3.63, 3.8) is 0 Å². The minimum Gasteiger partial charge on any atom is -0.492 e. The van der Waals surface area contributed by atoms with Gasteiger partial charge in [0, 0.05) is 11.3 Å². The largest absolute Gasteiger partial charge is 0.492 e. The number of halogens is 1. The van der Waals surface area contributed by atoms with Crippen LogP contribution < -0.4 is 4.74 Å². The summed E-state index contributed by atoms with van der Waals surface area (Å²) in [5.74, 6) is 2.40. The van der Waals surface area contributed by atoms with Crippen LogP contribution in [0.5, 0.6) is 5.75 Å². The van der Waals surface area contributed by atoms with Gasteiger partial charge in [-0.25, -0.2) is 0 Å². The van der Waals surface area contributed by atoms with Gasteiger partial charge in [0.05, 0.1) is 17.3 Å². The molecule has 0 radical (unpaired) electrons. The van der Waals surface area contributed by atoms with E-state index in [0.29, 0.717) is 11.6 Å². The molecule has 0 amide bonds. The van der Waals surface area contributed by atoms with Crippen LogP contribution in [0.4, 0.5) is 0 Å². The van der Waals surface area contributed by atoms with Crippen LogP contribution in [0.15, 0.2) is 71.9 Å². The fraction of sp³-hybridized carbons (Fsp3) is 0.200. The first-order chi connectivity index (χ1) is 15.0. The van der Waals surface area contributed by atoms with Gasteiger partial charge >= 0.3 is 0 Å². The van der Waals surface area contributed by atoms with Crippen molar-refractivity contribution in [3.05, 3.63) is 88.4 Å². The van der Waals surface area contributed by atoms with Crippen LogP contribution in [0, 0.1) is 20.8 Å². The third-order valence-electron chi connectivity index (χ3n) is 5.02. The summed E-state index contributed by atoms with van der Waals surface area (Å²) in [6.45, 7) is 6.82. The molecule has 0 bridgehead atoms. The zero-order valence-corrected chi connectivity index (χ0v) is 19.4. The molecule has 0 aliphatic rings. The zero-order chi connectivity index (χ0) is 21.8. The van der Waals surface area contributed by atoms with Crippen molar-refractivity contribution in [2.24, 2.45) is 0 Å². The van der Waals surface area contributed by atoms with Crippen molar-refractivity contribution in [2.45, 2.75) is 25.9 Å². The number of benzene rings is 3. The van der Waals surface area contributed by atoms with E-state index >= 15 is 0 Å². The summed E-state index contributed by atoms with van der Waals surface area (Å²) in [5, 5.41) is 10.5. The highest BCUT2D eigenvalue weighted by Crippen LogP contribution is 2.33. The van der Waals surface area contributed by atoms with E-state index in [1.54, 1.807) is 11.8 Å². The number of para-hydroxylation sites is 1. The lowest BCUT2D eigenvalue weighted by Crippen LogP contribution is -2.05. The van der Waals surface area contributed by atoms with Gasteiger partial charge in [-0.3, -0.25) is 4.57 Å². The number of nitrogens with zero attached hydrogens (tertiary/aromatic N) is 3. The fourth-order valence-electron chi connectivity index (χ4n) is 3.36. The molecule has 158 valence electrons. The highest BCUT2D eigenvalue weighted by atomic mass is 35.5. The van der Waals surface area contributed by atoms with Crippen molar-refractivity contribution in [1.82, 2.24) is 14.8 Å². The van der Waals surface area contributed by atoms with Crippen LogP contribution in [0.25, 0.3) is 17.1 Å². The minimum absolute atomic E-state index is 0.580. The number of ether oxygens (including phenoxy) is 1. The number of rotatable bonds is 7. The van der Waals surface area contributed by atoms with Gasteiger partial charge < -0.3 is 4.74 Å². The molecule has 6 heteroatoms. The lowest BCUT2D eigenvalue weighted by atomic mass is 10.1. The first-order valence-corrected chi connectivity index (χ1v) is 11.5. The van der Waals surface area contributed by atoms with Crippen LogP contribution in [-0.2, 0) is 0 Å². The number of hydrogen-bond donors (Lipinski definition) is 0. The average Bonchev–Trinajstić information content (AvgIpc) is 3.18. The van der Waals surface area contributed by atoms with E-state index in [1.165, 1.54) is 5.56 Å². The van der Waals surface area contributed by atoms with Crippen LogP contribution in [-0.4, -0.2) is 27.1 Å². The summed E-state index contributed by atoms with van der Waals surface area (Å²) >= 11 is 8.12. The van der Waals surface area contributed by atoms with Crippen LogP contribution >= 0.6 is 23.4 Å². The molecule has 31 heavy (non-hydrogen) atoms. The van der Waals surface area contributed by atoms with Gasteiger partial charge in [0.25, 0.3) is 0 Å². The van der Waals surface area contributed by atoms with Crippen molar-refractivity contribution in [1.29, 1.82) is 0 Å². The quantitative estimate of drug-likeness (QED) is 0.233. The summed E-state index contributed by atoms with van der Waals surface area (Å²) in [6.07, 6.45) is 0.